The lowest BCUT2D eigenvalue weighted by Gasteiger charge is -2.33. The van der Waals surface area contributed by atoms with E-state index in [0.29, 0.717) is 12.1 Å². The van der Waals surface area contributed by atoms with E-state index in [1.165, 1.54) is 11.9 Å². The van der Waals surface area contributed by atoms with E-state index in [1.54, 1.807) is 36.4 Å². The van der Waals surface area contributed by atoms with Crippen LogP contribution < -0.4 is 9.62 Å². The van der Waals surface area contributed by atoms with Crippen LogP contribution in [0.15, 0.2) is 83.8 Å². The molecule has 3 aromatic rings. The first-order valence-corrected chi connectivity index (χ1v) is 14.3. The van der Waals surface area contributed by atoms with E-state index in [9.17, 15) is 18.0 Å². The van der Waals surface area contributed by atoms with Crippen LogP contribution in [0.1, 0.15) is 49.8 Å². The molecule has 0 bridgehead atoms. The normalized spacial score (nSPS) is 12.2. The molecule has 0 saturated heterocycles. The summed E-state index contributed by atoms with van der Waals surface area (Å²) >= 11 is 0. The van der Waals surface area contributed by atoms with E-state index < -0.39 is 28.5 Å². The van der Waals surface area contributed by atoms with Crippen LogP contribution in [0.3, 0.4) is 0 Å². The zero-order chi connectivity index (χ0) is 27.9. The minimum atomic E-state index is -4.08. The molecule has 202 valence electrons. The number of anilines is 1. The van der Waals surface area contributed by atoms with Gasteiger partial charge < -0.3 is 10.2 Å². The molecule has 0 aromatic heterocycles. The number of hydrogen-bond donors (Lipinski definition) is 1. The molecule has 3 rings (SSSR count). The maximum atomic E-state index is 13.9. The number of nitrogens with zero attached hydrogens (tertiary/aromatic N) is 2. The molecule has 0 spiro atoms. The van der Waals surface area contributed by atoms with Crippen LogP contribution in [0.4, 0.5) is 5.69 Å². The minimum absolute atomic E-state index is 0.0942. The van der Waals surface area contributed by atoms with Gasteiger partial charge in [-0.25, -0.2) is 8.42 Å². The van der Waals surface area contributed by atoms with Gasteiger partial charge in [-0.1, -0.05) is 80.9 Å². The highest BCUT2D eigenvalue weighted by Gasteiger charge is 2.33. The number of sulfonamides is 1. The van der Waals surface area contributed by atoms with Crippen molar-refractivity contribution < 1.29 is 18.0 Å². The van der Waals surface area contributed by atoms with Gasteiger partial charge in [0.05, 0.1) is 10.6 Å². The van der Waals surface area contributed by atoms with Crippen molar-refractivity contribution in [1.29, 1.82) is 0 Å². The topological polar surface area (TPSA) is 86.8 Å². The summed E-state index contributed by atoms with van der Waals surface area (Å²) in [6, 6.07) is 22.4. The van der Waals surface area contributed by atoms with Crippen LogP contribution in [0.5, 0.6) is 0 Å². The summed E-state index contributed by atoms with van der Waals surface area (Å²) in [6.45, 7) is 7.56. The highest BCUT2D eigenvalue weighted by atomic mass is 32.2. The fourth-order valence-electron chi connectivity index (χ4n) is 4.26. The lowest BCUT2D eigenvalue weighted by Crippen LogP contribution is -2.51. The Balaban J connectivity index is 2.06. The molecule has 0 saturated carbocycles. The lowest BCUT2D eigenvalue weighted by molar-refractivity contribution is -0.140. The van der Waals surface area contributed by atoms with Crippen LogP contribution >= 0.6 is 0 Å². The van der Waals surface area contributed by atoms with Crippen LogP contribution in [0.25, 0.3) is 0 Å². The number of aryl methyl sites for hydroxylation is 1. The third-order valence-electron chi connectivity index (χ3n) is 6.56. The average Bonchev–Trinajstić information content (AvgIpc) is 2.92. The Labute approximate surface area is 226 Å². The molecule has 0 unspecified atom stereocenters. The van der Waals surface area contributed by atoms with Crippen molar-refractivity contribution in [3.05, 3.63) is 95.6 Å². The molecule has 2 amide bonds. The van der Waals surface area contributed by atoms with E-state index in [4.69, 9.17) is 0 Å². The lowest BCUT2D eigenvalue weighted by atomic mass is 10.0. The Morgan fingerprint density at radius 3 is 2.03 bits per heavy atom. The summed E-state index contributed by atoms with van der Waals surface area (Å²) in [5.74, 6) is -0.494. The average molecular weight is 536 g/mol. The molecule has 7 nitrogen and oxygen atoms in total. The summed E-state index contributed by atoms with van der Waals surface area (Å²) in [5.41, 5.74) is 3.22. The van der Waals surface area contributed by atoms with E-state index in [2.05, 4.69) is 19.2 Å². The molecule has 0 fully saturated rings. The molecular weight excluding hydrogens is 498 g/mol. The molecule has 0 aliphatic carbocycles. The second kappa shape index (κ2) is 12.7. The first kappa shape index (κ1) is 28.9. The number of hydrogen-bond acceptors (Lipinski definition) is 4. The fourth-order valence-corrected chi connectivity index (χ4v) is 5.67. The third kappa shape index (κ3) is 6.81. The number of carbonyl (C=O) groups is 2. The van der Waals surface area contributed by atoms with Crippen molar-refractivity contribution in [1.82, 2.24) is 10.2 Å². The monoisotopic (exact) mass is 535 g/mol. The van der Waals surface area contributed by atoms with Gasteiger partial charge in [-0.3, -0.25) is 13.9 Å². The maximum absolute atomic E-state index is 13.9. The standard InChI is InChI=1S/C30H37N3O4S/c1-6-28(30(35)31-5)32(20-24-10-8-7-9-11-24)29(34)21-33(26-16-14-25(15-17-26)22(2)3)38(36,37)27-18-12-23(4)13-19-27/h7-19,22,28H,6,20-21H2,1-5H3,(H,31,35)/t28-/m1/s1. The van der Waals surface area contributed by atoms with Crippen molar-refractivity contribution in [3.8, 4) is 0 Å². The molecule has 38 heavy (non-hydrogen) atoms. The first-order chi connectivity index (χ1) is 18.1. The second-order valence-corrected chi connectivity index (χ2v) is 11.5. The van der Waals surface area contributed by atoms with Gasteiger partial charge in [0.1, 0.15) is 12.6 Å². The Hall–Kier alpha value is -3.65. The van der Waals surface area contributed by atoms with Gasteiger partial charge >= 0.3 is 0 Å². The molecule has 3 aromatic carbocycles. The Kier molecular flexibility index (Phi) is 9.69. The van der Waals surface area contributed by atoms with Gasteiger partial charge in [0.2, 0.25) is 11.8 Å². The molecule has 0 heterocycles. The smallest absolute Gasteiger partial charge is 0.264 e. The van der Waals surface area contributed by atoms with Gasteiger partial charge in [-0.15, -0.1) is 0 Å². The summed E-state index contributed by atoms with van der Waals surface area (Å²) in [6.07, 6.45) is 0.381. The third-order valence-corrected chi connectivity index (χ3v) is 8.35. The zero-order valence-electron chi connectivity index (χ0n) is 22.7. The largest absolute Gasteiger partial charge is 0.357 e. The molecule has 0 aliphatic heterocycles. The molecule has 0 radical (unpaired) electrons. The van der Waals surface area contributed by atoms with E-state index >= 15 is 0 Å². The molecule has 1 N–H and O–H groups in total. The Morgan fingerprint density at radius 1 is 0.895 bits per heavy atom. The van der Waals surface area contributed by atoms with Gasteiger partial charge in [-0.05, 0) is 54.7 Å². The van der Waals surface area contributed by atoms with Crippen LogP contribution in [0, 0.1) is 6.92 Å². The maximum Gasteiger partial charge on any atom is 0.264 e. The van der Waals surface area contributed by atoms with Gasteiger partial charge in [0, 0.05) is 13.6 Å². The summed E-state index contributed by atoms with van der Waals surface area (Å²) in [7, 11) is -2.55. The van der Waals surface area contributed by atoms with Crippen LogP contribution in [0.2, 0.25) is 0 Å². The van der Waals surface area contributed by atoms with Gasteiger partial charge in [-0.2, -0.15) is 0 Å². The Morgan fingerprint density at radius 2 is 1.50 bits per heavy atom. The predicted octanol–water partition coefficient (Wildman–Crippen LogP) is 4.87. The van der Waals surface area contributed by atoms with E-state index in [-0.39, 0.29) is 23.3 Å². The van der Waals surface area contributed by atoms with E-state index in [1.807, 2.05) is 56.3 Å². The number of amides is 2. The SMILES string of the molecule is CC[C@H](C(=O)NC)N(Cc1ccccc1)C(=O)CN(c1ccc(C(C)C)cc1)S(=O)(=O)c1ccc(C)cc1. The number of carbonyl (C=O) groups excluding carboxylic acids is 2. The predicted molar refractivity (Wildman–Crippen MR) is 151 cm³/mol. The van der Waals surface area contributed by atoms with Crippen molar-refractivity contribution in [2.24, 2.45) is 0 Å². The first-order valence-electron chi connectivity index (χ1n) is 12.8. The van der Waals surface area contributed by atoms with Crippen LogP contribution in [-0.4, -0.2) is 44.8 Å². The quantitative estimate of drug-likeness (QED) is 0.380. The minimum Gasteiger partial charge on any atom is -0.357 e. The van der Waals surface area contributed by atoms with Crippen molar-refractivity contribution in [2.75, 3.05) is 17.9 Å². The second-order valence-electron chi connectivity index (χ2n) is 9.62. The molecule has 0 aliphatic rings. The van der Waals surface area contributed by atoms with Gasteiger partial charge in [0.15, 0.2) is 0 Å². The van der Waals surface area contributed by atoms with Crippen molar-refractivity contribution in [3.63, 3.8) is 0 Å². The number of likely N-dealkylation sites (N-methyl/N-ethyl adjacent to an activating group) is 1. The van der Waals surface area contributed by atoms with Crippen LogP contribution in [-0.2, 0) is 26.2 Å². The summed E-state index contributed by atoms with van der Waals surface area (Å²) in [4.78, 5) is 28.2. The van der Waals surface area contributed by atoms with Crippen molar-refractivity contribution in [2.45, 2.75) is 57.5 Å². The van der Waals surface area contributed by atoms with Crippen molar-refractivity contribution >= 4 is 27.5 Å². The zero-order valence-corrected chi connectivity index (χ0v) is 23.5. The summed E-state index contributed by atoms with van der Waals surface area (Å²) < 4.78 is 28.9. The molecular formula is C30H37N3O4S. The number of benzene rings is 3. The number of rotatable bonds is 11. The fraction of sp³-hybridized carbons (Fsp3) is 0.333. The van der Waals surface area contributed by atoms with Gasteiger partial charge in [0.25, 0.3) is 10.0 Å². The van der Waals surface area contributed by atoms with E-state index in [0.717, 1.165) is 21.0 Å². The highest BCUT2D eigenvalue weighted by molar-refractivity contribution is 7.92. The molecule has 1 atom stereocenters. The highest BCUT2D eigenvalue weighted by Crippen LogP contribution is 2.27. The summed E-state index contributed by atoms with van der Waals surface area (Å²) in [5, 5.41) is 2.64. The molecule has 8 heteroatoms. The Bertz CT molecular complexity index is 1320. The number of nitrogens with one attached hydrogen (secondary N) is 1.